The van der Waals surface area contributed by atoms with Gasteiger partial charge in [-0.05, 0) is 57.2 Å². The first-order valence-electron chi connectivity index (χ1n) is 20.4. The van der Waals surface area contributed by atoms with Gasteiger partial charge in [0.25, 0.3) is 20.2 Å². The number of thiazole rings is 2. The van der Waals surface area contributed by atoms with Gasteiger partial charge in [0.05, 0.1) is 53.0 Å². The Bertz CT molecular complexity index is 3390. The zero-order chi connectivity index (χ0) is 49.2. The summed E-state index contributed by atoms with van der Waals surface area (Å²) in [5.74, 6) is 1.59. The molecule has 4 bridgehead atoms. The topological polar surface area (TPSA) is 281 Å². The van der Waals surface area contributed by atoms with Gasteiger partial charge in [-0.15, -0.1) is 20.5 Å². The highest BCUT2D eigenvalue weighted by atomic mass is 35.5. The first kappa shape index (κ1) is 49.8. The van der Waals surface area contributed by atoms with Crippen LogP contribution in [0.15, 0.2) is 83.9 Å². The van der Waals surface area contributed by atoms with E-state index in [2.05, 4.69) is 46.0 Å². The lowest BCUT2D eigenvalue weighted by Crippen LogP contribution is -2.27. The van der Waals surface area contributed by atoms with Crippen LogP contribution in [0.3, 0.4) is 0 Å². The molecule has 0 saturated heterocycles. The number of methoxy groups -OCH3 is 2. The van der Waals surface area contributed by atoms with Crippen LogP contribution >= 0.6 is 57.6 Å². The van der Waals surface area contributed by atoms with Crippen molar-refractivity contribution in [2.75, 3.05) is 73.4 Å². The Morgan fingerprint density at radius 2 is 1.38 bits per heavy atom. The van der Waals surface area contributed by atoms with Gasteiger partial charge in [0, 0.05) is 47.6 Å². The largest absolute Gasteiger partial charge is 0.494 e. The molecule has 22 nitrogen and oxygen atoms in total. The molecule has 0 radical (unpaired) electrons. The number of hydrogen-bond donors (Lipinski definition) is 4. The molecule has 1 aliphatic heterocycles. The molecule has 3 aromatic heterocycles. The molecule has 4 aromatic carbocycles. The van der Waals surface area contributed by atoms with Crippen molar-refractivity contribution in [3.05, 3.63) is 58.6 Å². The maximum absolute atomic E-state index is 12.2. The molecule has 0 amide bonds. The molecule has 362 valence electrons. The van der Waals surface area contributed by atoms with Gasteiger partial charge in [-0.1, -0.05) is 57.6 Å². The fourth-order valence-electron chi connectivity index (χ4n) is 6.92. The summed E-state index contributed by atoms with van der Waals surface area (Å²) in [5.41, 5.74) is 2.62. The van der Waals surface area contributed by atoms with Crippen LogP contribution in [0.25, 0.3) is 20.4 Å². The van der Waals surface area contributed by atoms with E-state index in [9.17, 15) is 25.9 Å². The minimum atomic E-state index is -4.67. The van der Waals surface area contributed by atoms with Crippen molar-refractivity contribution in [1.29, 1.82) is 0 Å². The van der Waals surface area contributed by atoms with Crippen LogP contribution in [0.5, 0.6) is 11.5 Å². The summed E-state index contributed by atoms with van der Waals surface area (Å²) in [7, 11) is -6.28. The number of aromatic nitrogens is 5. The van der Waals surface area contributed by atoms with E-state index in [-0.39, 0.29) is 61.3 Å². The van der Waals surface area contributed by atoms with Crippen molar-refractivity contribution in [3.63, 3.8) is 0 Å². The van der Waals surface area contributed by atoms with Crippen molar-refractivity contribution >= 4 is 155 Å². The van der Waals surface area contributed by atoms with Crippen LogP contribution in [-0.2, 0) is 25.0 Å². The Hall–Kier alpha value is -5.62. The molecule has 0 spiro atoms. The minimum absolute atomic E-state index is 0.0166. The number of azo groups is 2. The number of anilines is 6. The summed E-state index contributed by atoms with van der Waals surface area (Å²) < 4.78 is 86.9. The average molecular weight is 1080 g/mol. The molecule has 69 heavy (non-hydrogen) atoms. The van der Waals surface area contributed by atoms with Gasteiger partial charge in [0.2, 0.25) is 22.2 Å². The first-order chi connectivity index (χ1) is 33.0. The lowest BCUT2D eigenvalue weighted by Gasteiger charge is -2.26. The average Bonchev–Trinajstić information content (AvgIpc) is 3.91. The molecule has 7 aromatic rings. The smallest absolute Gasteiger partial charge is 0.296 e. The number of ether oxygens (including phenoxy) is 3. The monoisotopic (exact) mass is 1080 g/mol. The Balaban J connectivity index is 1.22. The van der Waals surface area contributed by atoms with Gasteiger partial charge in [-0.25, -0.2) is 9.97 Å². The standard InChI is InChI=1S/C40H39Cl2N13O9S5/c1-6-54(7-2)26-15-22(24(17-28(26)62-4)50-52-39-45-34-30(66-39)11-20(41)13-32(34)68(56,57)58)43-36-47-37-44-23-16-27(55(8-3)19-64-9-10-65-38(48-36)49-37)29(63-5)18-25(23)51-53-40-46-35-31(67-40)12-21(42)14-33(35)69(59,60)61/h11-18H,6-10,19H2,1-5H3,(H,56,57,58)(H,59,60,61)(H2,43,44,47,48,49). The first-order valence-corrected chi connectivity index (χ1v) is 26.7. The predicted octanol–water partition coefficient (Wildman–Crippen LogP) is 11.0. The summed E-state index contributed by atoms with van der Waals surface area (Å²) >= 11 is 15.7. The van der Waals surface area contributed by atoms with Crippen LogP contribution in [0.2, 0.25) is 10.0 Å². The number of halogens is 2. The SMILES string of the molecule is CCN(CC)c1cc(Nc2nc3nc(n2)SCCOCN(CC)c2cc(c(N=Nc4nc5c(S(=O)(=O)O)cc(Cl)cc5s4)cc2OC)N3)c(N=Nc2nc3c(S(=O)(=O)O)cc(Cl)cc3s2)cc1OC. The Labute approximate surface area is 416 Å². The van der Waals surface area contributed by atoms with E-state index in [1.54, 1.807) is 18.2 Å². The summed E-state index contributed by atoms with van der Waals surface area (Å²) in [6.45, 7) is 8.36. The van der Waals surface area contributed by atoms with E-state index in [1.165, 1.54) is 38.1 Å². The molecule has 4 N–H and O–H groups in total. The summed E-state index contributed by atoms with van der Waals surface area (Å²) in [6, 6.07) is 12.2. The summed E-state index contributed by atoms with van der Waals surface area (Å²) in [6.07, 6.45) is 0. The number of benzene rings is 4. The number of thioether (sulfide) groups is 1. The molecule has 4 heterocycles. The van der Waals surface area contributed by atoms with E-state index in [0.29, 0.717) is 75.1 Å². The summed E-state index contributed by atoms with van der Waals surface area (Å²) in [4.78, 5) is 26.0. The number of nitrogens with one attached hydrogen (secondary N) is 2. The maximum Gasteiger partial charge on any atom is 0.296 e. The molecule has 0 atom stereocenters. The number of nitrogens with zero attached hydrogens (tertiary/aromatic N) is 11. The van der Waals surface area contributed by atoms with E-state index in [1.807, 2.05) is 31.7 Å². The highest BCUT2D eigenvalue weighted by Gasteiger charge is 2.24. The van der Waals surface area contributed by atoms with Crippen molar-refractivity contribution in [2.45, 2.75) is 35.7 Å². The van der Waals surface area contributed by atoms with Gasteiger partial charge < -0.3 is 34.6 Å². The quantitative estimate of drug-likeness (QED) is 0.0581. The van der Waals surface area contributed by atoms with E-state index in [0.717, 1.165) is 40.5 Å². The van der Waals surface area contributed by atoms with Crippen molar-refractivity contribution in [2.24, 2.45) is 20.5 Å². The lowest BCUT2D eigenvalue weighted by molar-refractivity contribution is 0.150. The van der Waals surface area contributed by atoms with Gasteiger partial charge >= 0.3 is 0 Å². The van der Waals surface area contributed by atoms with Crippen LogP contribution in [0.4, 0.5) is 56.3 Å². The zero-order valence-electron chi connectivity index (χ0n) is 36.8. The number of rotatable bonds is 14. The Kier molecular flexibility index (Phi) is 15.0. The van der Waals surface area contributed by atoms with Crippen molar-refractivity contribution < 1.29 is 40.2 Å². The molecular formula is C40H39Cl2N13O9S5. The molecule has 0 saturated carbocycles. The number of hydrogen-bond acceptors (Lipinski definition) is 23. The second-order valence-corrected chi connectivity index (χ2v) is 21.1. The fourth-order valence-corrected chi connectivity index (χ4v) is 11.5. The van der Waals surface area contributed by atoms with Crippen molar-refractivity contribution in [1.82, 2.24) is 24.9 Å². The molecule has 1 aliphatic rings. The van der Waals surface area contributed by atoms with E-state index >= 15 is 0 Å². The minimum Gasteiger partial charge on any atom is -0.494 e. The second kappa shape index (κ2) is 20.8. The van der Waals surface area contributed by atoms with Crippen LogP contribution in [0, 0.1) is 0 Å². The second-order valence-electron chi connectivity index (χ2n) is 14.4. The van der Waals surface area contributed by atoms with Crippen LogP contribution in [-0.4, -0.2) is 104 Å². The molecule has 0 fully saturated rings. The normalized spacial score (nSPS) is 13.7. The molecule has 0 unspecified atom stereocenters. The third-order valence-electron chi connectivity index (χ3n) is 10.1. The zero-order valence-corrected chi connectivity index (χ0v) is 42.4. The summed E-state index contributed by atoms with van der Waals surface area (Å²) in [5, 5.41) is 25.0. The van der Waals surface area contributed by atoms with E-state index < -0.39 is 30.0 Å². The Morgan fingerprint density at radius 3 is 1.94 bits per heavy atom. The lowest BCUT2D eigenvalue weighted by atomic mass is 10.2. The van der Waals surface area contributed by atoms with Crippen LogP contribution in [0.1, 0.15) is 20.8 Å². The highest BCUT2D eigenvalue weighted by molar-refractivity contribution is 7.99. The molecule has 0 aliphatic carbocycles. The highest BCUT2D eigenvalue weighted by Crippen LogP contribution is 2.44. The maximum atomic E-state index is 12.2. The third-order valence-corrected chi connectivity index (χ3v) is 14.9. The third kappa shape index (κ3) is 11.2. The molecule has 29 heteroatoms. The fraction of sp³-hybridized carbons (Fsp3) is 0.275. The Morgan fingerprint density at radius 1 is 0.783 bits per heavy atom. The van der Waals surface area contributed by atoms with Crippen LogP contribution < -0.4 is 29.9 Å². The number of fused-ring (bicyclic) bond motifs is 6. The van der Waals surface area contributed by atoms with Gasteiger partial charge in [0.15, 0.2) is 5.16 Å². The predicted molar refractivity (Wildman–Crippen MR) is 268 cm³/mol. The molecular weight excluding hydrogens is 1040 g/mol. The van der Waals surface area contributed by atoms with E-state index in [4.69, 9.17) is 52.4 Å². The van der Waals surface area contributed by atoms with Crippen molar-refractivity contribution in [3.8, 4) is 11.5 Å². The van der Waals surface area contributed by atoms with Gasteiger partial charge in [-0.2, -0.15) is 31.8 Å². The van der Waals surface area contributed by atoms with Gasteiger partial charge in [0.1, 0.15) is 50.4 Å². The van der Waals surface area contributed by atoms with Gasteiger partial charge in [-0.3, -0.25) is 9.11 Å². The molecule has 8 rings (SSSR count).